The van der Waals surface area contributed by atoms with Gasteiger partial charge in [0, 0.05) is 26.2 Å². The molecule has 154 valence electrons. The van der Waals surface area contributed by atoms with Crippen molar-refractivity contribution in [2.75, 3.05) is 48.5 Å². The summed E-state index contributed by atoms with van der Waals surface area (Å²) in [4.78, 5) is 19.6. The van der Waals surface area contributed by atoms with E-state index in [0.717, 1.165) is 62.0 Å². The van der Waals surface area contributed by atoms with Crippen molar-refractivity contribution in [1.82, 2.24) is 19.9 Å². The number of imidazole rings is 1. The first kappa shape index (κ1) is 19.8. The first-order valence-corrected chi connectivity index (χ1v) is 12.0. The van der Waals surface area contributed by atoms with Crippen molar-refractivity contribution < 1.29 is 4.74 Å². The van der Waals surface area contributed by atoms with Crippen molar-refractivity contribution in [3.8, 4) is 0 Å². The number of nitrogens with zero attached hydrogens (tertiary/aromatic N) is 4. The van der Waals surface area contributed by atoms with Crippen molar-refractivity contribution in [2.24, 2.45) is 5.92 Å². The second-order valence-corrected chi connectivity index (χ2v) is 8.97. The molecule has 2 N–H and O–H groups in total. The molecule has 1 saturated carbocycles. The zero-order valence-corrected chi connectivity index (χ0v) is 17.9. The van der Waals surface area contributed by atoms with E-state index in [9.17, 15) is 0 Å². The first-order chi connectivity index (χ1) is 13.7. The van der Waals surface area contributed by atoms with E-state index in [1.165, 1.54) is 31.4 Å². The van der Waals surface area contributed by atoms with Gasteiger partial charge in [-0.1, -0.05) is 12.8 Å². The van der Waals surface area contributed by atoms with Crippen LogP contribution in [0.15, 0.2) is 6.33 Å². The molecule has 2 aromatic rings. The van der Waals surface area contributed by atoms with Crippen LogP contribution in [0.4, 0.5) is 11.8 Å². The molecule has 2 aliphatic rings. The Morgan fingerprint density at radius 1 is 1.32 bits per heavy atom. The predicted octanol–water partition coefficient (Wildman–Crippen LogP) is 3.69. The maximum atomic E-state index is 6.15. The highest BCUT2D eigenvalue weighted by atomic mass is 32.2. The lowest BCUT2D eigenvalue weighted by atomic mass is 10.0. The zero-order valence-electron chi connectivity index (χ0n) is 17.0. The number of aromatic amines is 1. The molecule has 2 fully saturated rings. The van der Waals surface area contributed by atoms with Gasteiger partial charge in [-0.3, -0.25) is 0 Å². The summed E-state index contributed by atoms with van der Waals surface area (Å²) in [6.07, 6.45) is 11.1. The molecule has 3 heterocycles. The van der Waals surface area contributed by atoms with Crippen LogP contribution in [0.2, 0.25) is 0 Å². The molecule has 0 aromatic carbocycles. The fraction of sp³-hybridized carbons (Fsp3) is 0.750. The van der Waals surface area contributed by atoms with Crippen LogP contribution in [-0.4, -0.2) is 63.8 Å². The SMILES string of the molecule is CCOC1(CNc2nc(N3CCCC(CSC)C3)nc3nc[nH]c23)CCCC1. The van der Waals surface area contributed by atoms with Crippen molar-refractivity contribution in [3.63, 3.8) is 0 Å². The van der Waals surface area contributed by atoms with E-state index in [1.807, 2.05) is 11.8 Å². The average molecular weight is 405 g/mol. The summed E-state index contributed by atoms with van der Waals surface area (Å²) in [7, 11) is 0. The summed E-state index contributed by atoms with van der Waals surface area (Å²) in [5, 5.41) is 3.58. The number of H-pyrrole nitrogens is 1. The monoisotopic (exact) mass is 404 g/mol. The van der Waals surface area contributed by atoms with Crippen LogP contribution >= 0.6 is 11.8 Å². The van der Waals surface area contributed by atoms with Gasteiger partial charge in [0.1, 0.15) is 5.52 Å². The number of rotatable bonds is 8. The van der Waals surface area contributed by atoms with Crippen LogP contribution in [-0.2, 0) is 4.74 Å². The standard InChI is InChI=1S/C20H32N6OS/c1-3-27-20(8-4-5-9-20)13-21-17-16-18(23-14-22-16)25-19(24-17)26-10-6-7-15(11-26)12-28-2/h14-15H,3-13H2,1-2H3,(H2,21,22,23,24,25). The number of ether oxygens (including phenoxy) is 1. The summed E-state index contributed by atoms with van der Waals surface area (Å²) in [5.74, 6) is 3.54. The maximum Gasteiger partial charge on any atom is 0.229 e. The van der Waals surface area contributed by atoms with Gasteiger partial charge in [0.05, 0.1) is 11.9 Å². The van der Waals surface area contributed by atoms with Gasteiger partial charge in [-0.2, -0.15) is 21.7 Å². The molecule has 2 aromatic heterocycles. The Morgan fingerprint density at radius 2 is 2.18 bits per heavy atom. The highest BCUT2D eigenvalue weighted by Gasteiger charge is 2.34. The molecule has 1 saturated heterocycles. The molecule has 0 radical (unpaired) electrons. The minimum absolute atomic E-state index is 0.0687. The van der Waals surface area contributed by atoms with Gasteiger partial charge in [-0.25, -0.2) is 4.98 Å². The highest BCUT2D eigenvalue weighted by molar-refractivity contribution is 7.98. The second-order valence-electron chi connectivity index (χ2n) is 8.06. The highest BCUT2D eigenvalue weighted by Crippen LogP contribution is 2.34. The number of anilines is 2. The number of piperidine rings is 1. The Kier molecular flexibility index (Phi) is 6.25. The van der Waals surface area contributed by atoms with Crippen molar-refractivity contribution in [2.45, 2.75) is 51.0 Å². The summed E-state index contributed by atoms with van der Waals surface area (Å²) < 4.78 is 6.15. The van der Waals surface area contributed by atoms with E-state index in [-0.39, 0.29) is 5.60 Å². The van der Waals surface area contributed by atoms with E-state index in [2.05, 4.69) is 33.4 Å². The van der Waals surface area contributed by atoms with Gasteiger partial charge < -0.3 is 19.9 Å². The third-order valence-corrected chi connectivity index (χ3v) is 6.83. The second kappa shape index (κ2) is 8.86. The summed E-state index contributed by atoms with van der Waals surface area (Å²) in [6, 6.07) is 0. The minimum atomic E-state index is -0.0687. The smallest absolute Gasteiger partial charge is 0.229 e. The Hall–Kier alpha value is -1.54. The molecule has 7 nitrogen and oxygen atoms in total. The van der Waals surface area contributed by atoms with E-state index in [1.54, 1.807) is 6.33 Å². The van der Waals surface area contributed by atoms with E-state index in [0.29, 0.717) is 5.92 Å². The van der Waals surface area contributed by atoms with Crippen LogP contribution in [0.5, 0.6) is 0 Å². The Morgan fingerprint density at radius 3 is 2.96 bits per heavy atom. The molecule has 0 bridgehead atoms. The molecule has 1 aliphatic heterocycles. The Labute approximate surface area is 171 Å². The van der Waals surface area contributed by atoms with Crippen molar-refractivity contribution in [3.05, 3.63) is 6.33 Å². The van der Waals surface area contributed by atoms with Gasteiger partial charge in [-0.05, 0) is 50.5 Å². The van der Waals surface area contributed by atoms with E-state index < -0.39 is 0 Å². The van der Waals surface area contributed by atoms with Gasteiger partial charge in [0.15, 0.2) is 11.5 Å². The molecule has 4 rings (SSSR count). The molecule has 1 atom stereocenters. The molecule has 0 spiro atoms. The number of hydrogen-bond acceptors (Lipinski definition) is 7. The quantitative estimate of drug-likeness (QED) is 0.694. The minimum Gasteiger partial charge on any atom is -0.373 e. The molecule has 1 unspecified atom stereocenters. The van der Waals surface area contributed by atoms with Crippen LogP contribution in [0.1, 0.15) is 45.4 Å². The molecule has 8 heteroatoms. The number of hydrogen-bond donors (Lipinski definition) is 2. The predicted molar refractivity (Wildman–Crippen MR) is 116 cm³/mol. The lowest BCUT2D eigenvalue weighted by Crippen LogP contribution is -2.38. The third-order valence-electron chi connectivity index (χ3n) is 6.02. The largest absolute Gasteiger partial charge is 0.373 e. The van der Waals surface area contributed by atoms with Crippen LogP contribution in [0.3, 0.4) is 0 Å². The Balaban J connectivity index is 1.55. The van der Waals surface area contributed by atoms with Crippen LogP contribution in [0, 0.1) is 5.92 Å². The zero-order chi connectivity index (χ0) is 19.4. The van der Waals surface area contributed by atoms with Crippen molar-refractivity contribution in [1.29, 1.82) is 0 Å². The van der Waals surface area contributed by atoms with Crippen LogP contribution in [0.25, 0.3) is 11.2 Å². The number of nitrogens with one attached hydrogen (secondary N) is 2. The Bertz CT molecular complexity index is 773. The third kappa shape index (κ3) is 4.22. The summed E-state index contributed by atoms with van der Waals surface area (Å²) in [5.41, 5.74) is 1.54. The summed E-state index contributed by atoms with van der Waals surface area (Å²) in [6.45, 7) is 5.65. The van der Waals surface area contributed by atoms with E-state index >= 15 is 0 Å². The fourth-order valence-electron chi connectivity index (χ4n) is 4.65. The molecular formula is C20H32N6OS. The number of aromatic nitrogens is 4. The lowest BCUT2D eigenvalue weighted by Gasteiger charge is -2.33. The van der Waals surface area contributed by atoms with Crippen LogP contribution < -0.4 is 10.2 Å². The lowest BCUT2D eigenvalue weighted by molar-refractivity contribution is -0.0234. The number of thioether (sulfide) groups is 1. The van der Waals surface area contributed by atoms with Gasteiger partial charge in [-0.15, -0.1) is 0 Å². The topological polar surface area (TPSA) is 79.0 Å². The summed E-state index contributed by atoms with van der Waals surface area (Å²) >= 11 is 1.93. The van der Waals surface area contributed by atoms with Gasteiger partial charge in [0.25, 0.3) is 0 Å². The van der Waals surface area contributed by atoms with E-state index in [4.69, 9.17) is 14.7 Å². The molecular weight excluding hydrogens is 372 g/mol. The normalized spacial score (nSPS) is 22.1. The molecule has 1 aliphatic carbocycles. The van der Waals surface area contributed by atoms with Crippen molar-refractivity contribution >= 4 is 34.7 Å². The molecule has 28 heavy (non-hydrogen) atoms. The number of fused-ring (bicyclic) bond motifs is 1. The first-order valence-electron chi connectivity index (χ1n) is 10.6. The van der Waals surface area contributed by atoms with Gasteiger partial charge in [0.2, 0.25) is 5.95 Å². The maximum absolute atomic E-state index is 6.15. The van der Waals surface area contributed by atoms with Gasteiger partial charge >= 0.3 is 0 Å². The fourth-order valence-corrected chi connectivity index (χ4v) is 5.40. The molecule has 0 amide bonds. The average Bonchev–Trinajstić information content (AvgIpc) is 3.37.